The van der Waals surface area contributed by atoms with Crippen molar-refractivity contribution in [3.05, 3.63) is 65.7 Å². The third kappa shape index (κ3) is 4.15. The van der Waals surface area contributed by atoms with Crippen molar-refractivity contribution in [2.24, 2.45) is 5.92 Å². The Morgan fingerprint density at radius 3 is 2.68 bits per heavy atom. The zero-order valence-corrected chi connectivity index (χ0v) is 14.4. The first-order valence-electron chi connectivity index (χ1n) is 8.22. The van der Waals surface area contributed by atoms with Gasteiger partial charge in [0.25, 0.3) is 5.91 Å². The minimum Gasteiger partial charge on any atom is -0.383 e. The molecule has 0 N–H and O–H groups in total. The summed E-state index contributed by atoms with van der Waals surface area (Å²) in [7, 11) is 3.63. The Balaban J connectivity index is 1.54. The smallest absolute Gasteiger partial charge is 0.276 e. The molecule has 0 radical (unpaired) electrons. The molecule has 0 unspecified atom stereocenters. The van der Waals surface area contributed by atoms with Crippen molar-refractivity contribution in [3.8, 4) is 0 Å². The number of hydrogen-bond donors (Lipinski definition) is 0. The number of likely N-dealkylation sites (tertiary alicyclic amines) is 1. The van der Waals surface area contributed by atoms with E-state index in [1.54, 1.807) is 16.0 Å². The minimum absolute atomic E-state index is 0.0720. The van der Waals surface area contributed by atoms with Gasteiger partial charge in [-0.1, -0.05) is 35.5 Å². The number of ketones is 1. The maximum absolute atomic E-state index is 12.4. The van der Waals surface area contributed by atoms with Crippen molar-refractivity contribution in [1.82, 2.24) is 15.0 Å². The van der Waals surface area contributed by atoms with Gasteiger partial charge in [0.15, 0.2) is 5.69 Å². The summed E-state index contributed by atoms with van der Waals surface area (Å²) in [5, 5.41) is 3.74. The zero-order valence-electron chi connectivity index (χ0n) is 14.4. The van der Waals surface area contributed by atoms with Crippen molar-refractivity contribution in [2.75, 3.05) is 27.2 Å². The van der Waals surface area contributed by atoms with Gasteiger partial charge in [-0.2, -0.15) is 0 Å². The average Bonchev–Trinajstić information content (AvgIpc) is 3.06. The predicted octanol–water partition coefficient (Wildman–Crippen LogP) is 2.25. The molecule has 1 aliphatic heterocycles. The number of carbonyl (C=O) groups excluding carboxylic acids is 2. The minimum atomic E-state index is -0.314. The molecule has 25 heavy (non-hydrogen) atoms. The summed E-state index contributed by atoms with van der Waals surface area (Å²) in [6.07, 6.45) is 3.97. The Bertz CT molecular complexity index is 774. The van der Waals surface area contributed by atoms with Crippen LogP contribution in [-0.4, -0.2) is 53.8 Å². The molecular formula is C19H21N3O3. The van der Waals surface area contributed by atoms with Crippen molar-refractivity contribution in [1.29, 1.82) is 0 Å². The monoisotopic (exact) mass is 339 g/mol. The molecule has 1 saturated heterocycles. The van der Waals surface area contributed by atoms with Gasteiger partial charge in [0, 0.05) is 45.5 Å². The number of allylic oxidation sites excluding steroid dienone is 1. The Hall–Kier alpha value is -2.89. The highest BCUT2D eigenvalue weighted by molar-refractivity contribution is 6.04. The van der Waals surface area contributed by atoms with Crippen LogP contribution >= 0.6 is 0 Å². The molecular weight excluding hydrogens is 318 g/mol. The molecule has 6 heteroatoms. The second-order valence-corrected chi connectivity index (χ2v) is 6.49. The van der Waals surface area contributed by atoms with Gasteiger partial charge in [-0.15, -0.1) is 0 Å². The quantitative estimate of drug-likeness (QED) is 0.596. The van der Waals surface area contributed by atoms with E-state index in [0.29, 0.717) is 19.0 Å². The average molecular weight is 339 g/mol. The second-order valence-electron chi connectivity index (χ2n) is 6.49. The molecule has 6 nitrogen and oxygen atoms in total. The van der Waals surface area contributed by atoms with Gasteiger partial charge in [-0.25, -0.2) is 0 Å². The molecule has 0 bridgehead atoms. The van der Waals surface area contributed by atoms with Crippen LogP contribution in [0.4, 0.5) is 0 Å². The lowest BCUT2D eigenvalue weighted by Gasteiger charge is -2.38. The number of aromatic nitrogens is 1. The van der Waals surface area contributed by atoms with Crippen molar-refractivity contribution in [3.63, 3.8) is 0 Å². The molecule has 3 rings (SSSR count). The van der Waals surface area contributed by atoms with Gasteiger partial charge >= 0.3 is 0 Å². The van der Waals surface area contributed by atoms with E-state index in [1.165, 1.54) is 17.7 Å². The topological polar surface area (TPSA) is 66.7 Å². The molecule has 1 aromatic heterocycles. The molecule has 1 aromatic carbocycles. The number of nitrogens with zero attached hydrogens (tertiary/aromatic N) is 3. The third-order valence-electron chi connectivity index (χ3n) is 4.11. The molecule has 0 spiro atoms. The third-order valence-corrected chi connectivity index (χ3v) is 4.11. The summed E-state index contributed by atoms with van der Waals surface area (Å²) < 4.78 is 5.00. The first kappa shape index (κ1) is 17.0. The normalized spacial score (nSPS) is 14.6. The van der Waals surface area contributed by atoms with Crippen LogP contribution in [0.1, 0.15) is 26.6 Å². The Morgan fingerprint density at radius 1 is 1.28 bits per heavy atom. The molecule has 0 saturated carbocycles. The number of rotatable bonds is 6. The number of amides is 1. The molecule has 2 heterocycles. The standard InChI is InChI=1S/C19H21N3O3/c1-21(2)9-8-17(23)18-11-16(20-25-18)19(24)22-12-15(13-22)10-14-6-4-3-5-7-14/h3-9,11,15H,10,12-13H2,1-2H3/b9-8+. The van der Waals surface area contributed by atoms with Crippen LogP contribution in [0, 0.1) is 5.92 Å². The fourth-order valence-corrected chi connectivity index (χ4v) is 2.77. The van der Waals surface area contributed by atoms with Crippen LogP contribution in [0.3, 0.4) is 0 Å². The summed E-state index contributed by atoms with van der Waals surface area (Å²) in [6, 6.07) is 11.7. The van der Waals surface area contributed by atoms with E-state index in [2.05, 4.69) is 17.3 Å². The molecule has 1 aliphatic rings. The summed E-state index contributed by atoms with van der Waals surface area (Å²) in [5.74, 6) is 0.0275. The summed E-state index contributed by atoms with van der Waals surface area (Å²) in [4.78, 5) is 27.8. The van der Waals surface area contributed by atoms with E-state index >= 15 is 0 Å². The molecule has 1 amide bonds. The molecule has 2 aromatic rings. The number of benzene rings is 1. The number of hydrogen-bond acceptors (Lipinski definition) is 5. The number of carbonyl (C=O) groups is 2. The SMILES string of the molecule is CN(C)/C=C/C(=O)c1cc(C(=O)N2CC(Cc3ccccc3)C2)no1. The Labute approximate surface area is 146 Å². The summed E-state index contributed by atoms with van der Waals surface area (Å²) >= 11 is 0. The van der Waals surface area contributed by atoms with E-state index in [-0.39, 0.29) is 23.1 Å². The first-order valence-corrected chi connectivity index (χ1v) is 8.22. The van der Waals surface area contributed by atoms with Crippen LogP contribution < -0.4 is 0 Å². The van der Waals surface area contributed by atoms with Crippen LogP contribution in [-0.2, 0) is 6.42 Å². The lowest BCUT2D eigenvalue weighted by atomic mass is 9.92. The van der Waals surface area contributed by atoms with E-state index in [9.17, 15) is 9.59 Å². The molecule has 130 valence electrons. The lowest BCUT2D eigenvalue weighted by molar-refractivity contribution is 0.0490. The van der Waals surface area contributed by atoms with Crippen molar-refractivity contribution < 1.29 is 14.1 Å². The fraction of sp³-hybridized carbons (Fsp3) is 0.316. The van der Waals surface area contributed by atoms with Crippen LogP contribution in [0.15, 0.2) is 53.2 Å². The highest BCUT2D eigenvalue weighted by Crippen LogP contribution is 2.22. The van der Waals surface area contributed by atoms with Gasteiger partial charge in [0.2, 0.25) is 11.5 Å². The lowest BCUT2D eigenvalue weighted by Crippen LogP contribution is -2.50. The van der Waals surface area contributed by atoms with Crippen LogP contribution in [0.2, 0.25) is 0 Å². The predicted molar refractivity (Wildman–Crippen MR) is 93.2 cm³/mol. The van der Waals surface area contributed by atoms with Gasteiger partial charge in [0.1, 0.15) is 0 Å². The first-order chi connectivity index (χ1) is 12.0. The van der Waals surface area contributed by atoms with E-state index in [1.807, 2.05) is 32.3 Å². The maximum Gasteiger partial charge on any atom is 0.276 e. The Morgan fingerprint density at radius 2 is 2.00 bits per heavy atom. The van der Waals surface area contributed by atoms with E-state index in [4.69, 9.17) is 4.52 Å². The van der Waals surface area contributed by atoms with Gasteiger partial charge in [-0.3, -0.25) is 9.59 Å². The van der Waals surface area contributed by atoms with Gasteiger partial charge in [-0.05, 0) is 17.9 Å². The van der Waals surface area contributed by atoms with Gasteiger partial charge < -0.3 is 14.3 Å². The highest BCUT2D eigenvalue weighted by Gasteiger charge is 2.32. The van der Waals surface area contributed by atoms with Gasteiger partial charge in [0.05, 0.1) is 0 Å². The summed E-state index contributed by atoms with van der Waals surface area (Å²) in [6.45, 7) is 1.40. The summed E-state index contributed by atoms with van der Waals surface area (Å²) in [5.41, 5.74) is 1.46. The van der Waals surface area contributed by atoms with Crippen LogP contribution in [0.25, 0.3) is 0 Å². The molecule has 0 aliphatic carbocycles. The largest absolute Gasteiger partial charge is 0.383 e. The molecule has 0 atom stereocenters. The Kier molecular flexibility index (Phi) is 4.97. The van der Waals surface area contributed by atoms with Crippen molar-refractivity contribution >= 4 is 11.7 Å². The van der Waals surface area contributed by atoms with E-state index in [0.717, 1.165) is 6.42 Å². The van der Waals surface area contributed by atoms with E-state index < -0.39 is 0 Å². The molecule has 1 fully saturated rings. The highest BCUT2D eigenvalue weighted by atomic mass is 16.5. The second kappa shape index (κ2) is 7.34. The van der Waals surface area contributed by atoms with Crippen LogP contribution in [0.5, 0.6) is 0 Å². The fourth-order valence-electron chi connectivity index (χ4n) is 2.77. The van der Waals surface area contributed by atoms with Crippen molar-refractivity contribution in [2.45, 2.75) is 6.42 Å². The zero-order chi connectivity index (χ0) is 17.8. The maximum atomic E-state index is 12.4.